The van der Waals surface area contributed by atoms with Gasteiger partial charge in [0.25, 0.3) is 20.2 Å². The Morgan fingerprint density at radius 3 is 2.36 bits per heavy atom. The largest absolute Gasteiger partial charge is 0.478 e. The number of rotatable bonds is 10. The molecule has 3 aliphatic heterocycles. The monoisotopic (exact) mass is 656 g/mol. The number of aryl methyl sites for hydroxylation is 1. The molecule has 45 heavy (non-hydrogen) atoms. The fourth-order valence-corrected chi connectivity index (χ4v) is 7.92. The molecule has 3 N–H and O–H groups in total. The predicted octanol–water partition coefficient (Wildman–Crippen LogP) is 4.18. The van der Waals surface area contributed by atoms with Crippen molar-refractivity contribution in [1.82, 2.24) is 4.90 Å². The Kier molecular flexibility index (Phi) is 8.65. The minimum atomic E-state index is -4.07. The second kappa shape index (κ2) is 12.4. The first-order valence-corrected chi connectivity index (χ1v) is 18.3. The van der Waals surface area contributed by atoms with Gasteiger partial charge in [-0.1, -0.05) is 18.2 Å². The third-order valence-corrected chi connectivity index (χ3v) is 10.5. The first-order chi connectivity index (χ1) is 21.4. The average molecular weight is 657 g/mol. The Hall–Kier alpha value is -3.49. The molecule has 0 radical (unpaired) electrons. The number of piperidine rings is 1. The van der Waals surface area contributed by atoms with E-state index in [1.54, 1.807) is 12.1 Å². The number of allylic oxidation sites excluding steroid dienone is 1. The molecule has 6 rings (SSSR count). The van der Waals surface area contributed by atoms with Crippen molar-refractivity contribution >= 4 is 37.5 Å². The maximum atomic E-state index is 12.4. The number of likely N-dealkylation sites (tertiary alicyclic amines) is 1. The van der Waals surface area contributed by atoms with Crippen LogP contribution in [-0.4, -0.2) is 85.6 Å². The molecule has 1 atom stereocenters. The highest BCUT2D eigenvalue weighted by atomic mass is 32.2. The molecular weight excluding hydrogens is 620 g/mol. The molecule has 13 heteroatoms. The number of carboxylic acids is 1. The standard InChI is InChI=1S/C32H36N2O9S2/c35-32(36)24-10-2-1-9-23(24)31-25-17-21-7-3-11-33(13-5-15-44(37,38)39)27(21)19-29(25)43-30-20-28-22(18-26(30)31)8-4-12-34(28)14-6-16-45(40,41)42/h1-2,9-10,17-20,27H,3-8,11-16H2,(H,35,36)(H,37,38,39)(H,40,41,42). The summed E-state index contributed by atoms with van der Waals surface area (Å²) in [5.74, 6) is -0.535. The summed E-state index contributed by atoms with van der Waals surface area (Å²) in [5.41, 5.74) is 6.20. The average Bonchev–Trinajstić information content (AvgIpc) is 2.97. The number of anilines is 1. The summed E-state index contributed by atoms with van der Waals surface area (Å²) < 4.78 is 70.4. The summed E-state index contributed by atoms with van der Waals surface area (Å²) in [5, 5.41) is 10.2. The van der Waals surface area contributed by atoms with Gasteiger partial charge in [-0.05, 0) is 86.1 Å². The van der Waals surface area contributed by atoms with Crippen molar-refractivity contribution in [2.45, 2.75) is 44.6 Å². The van der Waals surface area contributed by atoms with Gasteiger partial charge >= 0.3 is 5.97 Å². The molecule has 3 heterocycles. The number of aromatic carboxylic acids is 1. The van der Waals surface area contributed by atoms with Crippen LogP contribution in [0.1, 0.15) is 59.2 Å². The van der Waals surface area contributed by atoms with Crippen molar-refractivity contribution in [2.75, 3.05) is 42.6 Å². The number of nitrogens with zero attached hydrogens (tertiary/aromatic N) is 2. The van der Waals surface area contributed by atoms with E-state index in [4.69, 9.17) is 4.74 Å². The second-order valence-corrected chi connectivity index (χ2v) is 15.1. The molecule has 2 aromatic rings. The van der Waals surface area contributed by atoms with Crippen molar-refractivity contribution in [3.05, 3.63) is 87.7 Å². The molecule has 4 aliphatic rings. The summed E-state index contributed by atoms with van der Waals surface area (Å²) in [6, 6.07) is 10.8. The lowest BCUT2D eigenvalue weighted by atomic mass is 9.80. The Morgan fingerprint density at radius 1 is 0.911 bits per heavy atom. The molecule has 0 spiro atoms. The number of benzene rings is 2. The van der Waals surface area contributed by atoms with E-state index < -0.39 is 26.2 Å². The van der Waals surface area contributed by atoms with E-state index in [2.05, 4.69) is 21.9 Å². The van der Waals surface area contributed by atoms with Crippen molar-refractivity contribution in [3.8, 4) is 5.75 Å². The number of fused-ring (bicyclic) bond motifs is 4. The molecule has 1 saturated heterocycles. The molecule has 11 nitrogen and oxygen atoms in total. The van der Waals surface area contributed by atoms with Gasteiger partial charge < -0.3 is 14.7 Å². The number of hydrogen-bond donors (Lipinski definition) is 3. The molecule has 2 aromatic carbocycles. The summed E-state index contributed by atoms with van der Waals surface area (Å²) >= 11 is 0. The van der Waals surface area contributed by atoms with Crippen LogP contribution >= 0.6 is 0 Å². The number of carboxylic acid groups (broad SMARTS) is 1. The molecule has 240 valence electrons. The second-order valence-electron chi connectivity index (χ2n) is 11.9. The number of carbonyl (C=O) groups is 1. The molecule has 0 amide bonds. The molecule has 1 aliphatic carbocycles. The van der Waals surface area contributed by atoms with E-state index in [-0.39, 0.29) is 36.0 Å². The van der Waals surface area contributed by atoms with Crippen molar-refractivity contribution < 1.29 is 40.6 Å². The van der Waals surface area contributed by atoms with Gasteiger partial charge in [-0.25, -0.2) is 4.79 Å². The first-order valence-electron chi connectivity index (χ1n) is 15.1. The van der Waals surface area contributed by atoms with Crippen LogP contribution in [-0.2, 0) is 26.7 Å². The molecule has 1 unspecified atom stereocenters. The van der Waals surface area contributed by atoms with Crippen LogP contribution in [0.15, 0.2) is 65.5 Å². The highest BCUT2D eigenvalue weighted by Gasteiger charge is 2.36. The van der Waals surface area contributed by atoms with Crippen molar-refractivity contribution in [2.24, 2.45) is 0 Å². The smallest absolute Gasteiger partial charge is 0.336 e. The maximum Gasteiger partial charge on any atom is 0.336 e. The van der Waals surface area contributed by atoms with Gasteiger partial charge in [0.2, 0.25) is 0 Å². The summed E-state index contributed by atoms with van der Waals surface area (Å²) in [6.07, 6.45) is 8.03. The van der Waals surface area contributed by atoms with Crippen LogP contribution < -0.4 is 9.64 Å². The third kappa shape index (κ3) is 6.87. The van der Waals surface area contributed by atoms with Crippen LogP contribution in [0.25, 0.3) is 5.57 Å². The van der Waals surface area contributed by atoms with Gasteiger partial charge in [0.05, 0.1) is 23.1 Å². The van der Waals surface area contributed by atoms with Gasteiger partial charge in [0.15, 0.2) is 0 Å². The van der Waals surface area contributed by atoms with Crippen molar-refractivity contribution in [3.63, 3.8) is 0 Å². The van der Waals surface area contributed by atoms with Gasteiger partial charge in [0, 0.05) is 48.1 Å². The lowest BCUT2D eigenvalue weighted by Crippen LogP contribution is -2.42. The highest BCUT2D eigenvalue weighted by Crippen LogP contribution is 2.48. The van der Waals surface area contributed by atoms with E-state index in [9.17, 15) is 35.8 Å². The van der Waals surface area contributed by atoms with Gasteiger partial charge in [0.1, 0.15) is 11.5 Å². The Morgan fingerprint density at radius 2 is 1.62 bits per heavy atom. The maximum absolute atomic E-state index is 12.4. The molecule has 1 fully saturated rings. The normalized spacial score (nSPS) is 19.9. The van der Waals surface area contributed by atoms with E-state index in [1.165, 1.54) is 0 Å². The molecule has 0 saturated carbocycles. The third-order valence-electron chi connectivity index (χ3n) is 8.85. The highest BCUT2D eigenvalue weighted by molar-refractivity contribution is 7.86. The molecule has 0 aromatic heterocycles. The summed E-state index contributed by atoms with van der Waals surface area (Å²) in [6.45, 7) is 2.40. The van der Waals surface area contributed by atoms with E-state index >= 15 is 0 Å². The zero-order valence-electron chi connectivity index (χ0n) is 24.7. The van der Waals surface area contributed by atoms with Crippen LogP contribution in [0, 0.1) is 0 Å². The summed E-state index contributed by atoms with van der Waals surface area (Å²) in [4.78, 5) is 16.7. The van der Waals surface area contributed by atoms with Gasteiger partial charge in [-0.15, -0.1) is 0 Å². The number of hydrogen-bond acceptors (Lipinski definition) is 8. The first kappa shape index (κ1) is 31.5. The fourth-order valence-electron chi connectivity index (χ4n) is 6.93. The fraction of sp³-hybridized carbons (Fsp3) is 0.406. The zero-order valence-corrected chi connectivity index (χ0v) is 26.3. The Bertz CT molecular complexity index is 1850. The lowest BCUT2D eigenvalue weighted by molar-refractivity contribution is 0.0696. The zero-order chi connectivity index (χ0) is 31.9. The Balaban J connectivity index is 1.44. The van der Waals surface area contributed by atoms with Gasteiger partial charge in [-0.2, -0.15) is 16.8 Å². The van der Waals surface area contributed by atoms with Crippen LogP contribution in [0.2, 0.25) is 0 Å². The lowest BCUT2D eigenvalue weighted by Gasteiger charge is -2.40. The predicted molar refractivity (Wildman–Crippen MR) is 170 cm³/mol. The van der Waals surface area contributed by atoms with Crippen LogP contribution in [0.4, 0.5) is 5.69 Å². The minimum absolute atomic E-state index is 0.133. The van der Waals surface area contributed by atoms with E-state index in [0.717, 1.165) is 72.3 Å². The van der Waals surface area contributed by atoms with Crippen molar-refractivity contribution in [1.29, 1.82) is 0 Å². The van der Waals surface area contributed by atoms with E-state index in [0.29, 0.717) is 30.2 Å². The summed E-state index contributed by atoms with van der Waals surface area (Å²) in [7, 11) is -8.14. The minimum Gasteiger partial charge on any atom is -0.478 e. The number of ether oxygens (including phenoxy) is 1. The Labute approximate surface area is 263 Å². The quantitative estimate of drug-likeness (QED) is 0.315. The van der Waals surface area contributed by atoms with E-state index in [1.807, 2.05) is 24.3 Å². The SMILES string of the molecule is O=C(O)c1ccccc1C1=C2C=C3CCCN(CCCS(=O)(=O)O)C3C=C2Oc2cc3c(cc21)CCCN3CCCS(=O)(=O)O. The molecule has 0 bridgehead atoms. The topological polar surface area (TPSA) is 162 Å². The van der Waals surface area contributed by atoms with Crippen LogP contribution in [0.5, 0.6) is 5.75 Å². The van der Waals surface area contributed by atoms with Gasteiger partial charge in [-0.3, -0.25) is 14.0 Å². The molecular formula is C32H36N2O9S2. The van der Waals surface area contributed by atoms with Crippen LogP contribution in [0.3, 0.4) is 0 Å².